The molecular formula is C16H17F3N4O3. The van der Waals surface area contributed by atoms with E-state index in [0.717, 1.165) is 12.5 Å². The molecule has 1 heterocycles. The van der Waals surface area contributed by atoms with Crippen LogP contribution in [0.5, 0.6) is 0 Å². The van der Waals surface area contributed by atoms with Crippen LogP contribution < -0.4 is 5.32 Å². The van der Waals surface area contributed by atoms with Crippen LogP contribution in [0.3, 0.4) is 0 Å². The third kappa shape index (κ3) is 4.19. The Morgan fingerprint density at radius 3 is 2.42 bits per heavy atom. The molecule has 1 unspecified atom stereocenters. The molecule has 1 atom stereocenters. The number of alkyl halides is 3. The van der Waals surface area contributed by atoms with E-state index in [1.165, 1.54) is 0 Å². The largest absolute Gasteiger partial charge is 0.442 e. The molecule has 26 heavy (non-hydrogen) atoms. The van der Waals surface area contributed by atoms with Crippen molar-refractivity contribution in [2.24, 2.45) is 0 Å². The van der Waals surface area contributed by atoms with Gasteiger partial charge < -0.3 is 5.32 Å². The molecule has 0 bridgehead atoms. The van der Waals surface area contributed by atoms with Crippen molar-refractivity contribution in [2.75, 3.05) is 0 Å². The summed E-state index contributed by atoms with van der Waals surface area (Å²) < 4.78 is 39.5. The number of hydrogen-bond acceptors (Lipinski definition) is 4. The number of nitrogens with one attached hydrogen (secondary N) is 1. The number of nitro groups is 1. The van der Waals surface area contributed by atoms with Crippen LogP contribution in [0.15, 0.2) is 30.3 Å². The van der Waals surface area contributed by atoms with Crippen molar-refractivity contribution >= 4 is 11.6 Å². The summed E-state index contributed by atoms with van der Waals surface area (Å²) in [6.07, 6.45) is -4.41. The summed E-state index contributed by atoms with van der Waals surface area (Å²) in [5.41, 5.74) is -2.23. The molecule has 1 aromatic carbocycles. The fraction of sp³-hybridized carbons (Fsp3) is 0.375. The standard InChI is InChI=1S/C16H17F3N4O3/c1-3-12(11-7-5-4-6-8-11)20-13(24)9-22-10(2)14(23(25)26)15(21-22)16(17,18)19/h4-8,12H,3,9H2,1-2H3,(H,20,24). The molecule has 10 heteroatoms. The predicted octanol–water partition coefficient (Wildman–Crippen LogP) is 3.39. The molecule has 0 saturated heterocycles. The SMILES string of the molecule is CCC(NC(=O)Cn1nc(C(F)(F)F)c([N+](=O)[O-])c1C)c1ccccc1. The molecule has 140 valence electrons. The first-order chi connectivity index (χ1) is 12.1. The molecule has 0 radical (unpaired) electrons. The number of amides is 1. The lowest BCUT2D eigenvalue weighted by Gasteiger charge is -2.17. The van der Waals surface area contributed by atoms with E-state index in [0.29, 0.717) is 11.1 Å². The van der Waals surface area contributed by atoms with E-state index in [4.69, 9.17) is 0 Å². The highest BCUT2D eigenvalue weighted by Gasteiger charge is 2.44. The lowest BCUT2D eigenvalue weighted by Crippen LogP contribution is -2.32. The average molecular weight is 370 g/mol. The van der Waals surface area contributed by atoms with Gasteiger partial charge >= 0.3 is 11.9 Å². The van der Waals surface area contributed by atoms with E-state index in [9.17, 15) is 28.1 Å². The van der Waals surface area contributed by atoms with Gasteiger partial charge in [0, 0.05) is 0 Å². The molecule has 2 rings (SSSR count). The summed E-state index contributed by atoms with van der Waals surface area (Å²) in [5.74, 6) is -0.588. The second-order valence-corrected chi connectivity index (χ2v) is 5.63. The zero-order valence-electron chi connectivity index (χ0n) is 14.1. The Bertz CT molecular complexity index is 803. The van der Waals surface area contributed by atoms with Gasteiger partial charge in [0.15, 0.2) is 0 Å². The van der Waals surface area contributed by atoms with Crippen LogP contribution in [0.25, 0.3) is 0 Å². The highest BCUT2D eigenvalue weighted by atomic mass is 19.4. The second-order valence-electron chi connectivity index (χ2n) is 5.63. The number of halogens is 3. The Balaban J connectivity index is 2.23. The number of nitrogens with zero attached hydrogens (tertiary/aromatic N) is 3. The topological polar surface area (TPSA) is 90.1 Å². The Hall–Kier alpha value is -2.91. The first-order valence-electron chi connectivity index (χ1n) is 7.78. The van der Waals surface area contributed by atoms with Gasteiger partial charge in [0.2, 0.25) is 11.6 Å². The number of rotatable bonds is 6. The lowest BCUT2D eigenvalue weighted by molar-refractivity contribution is -0.388. The van der Waals surface area contributed by atoms with Crippen LogP contribution in [-0.4, -0.2) is 20.6 Å². The van der Waals surface area contributed by atoms with E-state index in [1.54, 1.807) is 12.1 Å². The highest BCUT2D eigenvalue weighted by Crippen LogP contribution is 2.36. The number of aromatic nitrogens is 2. The van der Waals surface area contributed by atoms with Gasteiger partial charge in [0.1, 0.15) is 12.2 Å². The van der Waals surface area contributed by atoms with Crippen molar-refractivity contribution < 1.29 is 22.9 Å². The molecule has 0 aliphatic heterocycles. The third-order valence-electron chi connectivity index (χ3n) is 3.86. The van der Waals surface area contributed by atoms with Crippen molar-refractivity contribution in [2.45, 2.75) is 39.0 Å². The van der Waals surface area contributed by atoms with E-state index in [1.807, 2.05) is 25.1 Å². The number of benzene rings is 1. The van der Waals surface area contributed by atoms with Gasteiger partial charge in [0.05, 0.1) is 11.0 Å². The summed E-state index contributed by atoms with van der Waals surface area (Å²) >= 11 is 0. The minimum Gasteiger partial charge on any atom is -0.348 e. The van der Waals surface area contributed by atoms with Gasteiger partial charge in [-0.25, -0.2) is 0 Å². The molecule has 7 nitrogen and oxygen atoms in total. The van der Waals surface area contributed by atoms with E-state index in [-0.39, 0.29) is 11.7 Å². The van der Waals surface area contributed by atoms with E-state index < -0.39 is 34.9 Å². The van der Waals surface area contributed by atoms with Gasteiger partial charge in [-0.2, -0.15) is 18.3 Å². The van der Waals surface area contributed by atoms with Crippen molar-refractivity contribution in [3.63, 3.8) is 0 Å². The Labute approximate surface area is 147 Å². The molecule has 0 fully saturated rings. The predicted molar refractivity (Wildman–Crippen MR) is 86.2 cm³/mol. The maximum Gasteiger partial charge on any atom is 0.442 e. The third-order valence-corrected chi connectivity index (χ3v) is 3.86. The Morgan fingerprint density at radius 2 is 1.96 bits per heavy atom. The smallest absolute Gasteiger partial charge is 0.348 e. The number of carbonyl (C=O) groups excluding carboxylic acids is 1. The first kappa shape index (κ1) is 19.4. The van der Waals surface area contributed by atoms with E-state index in [2.05, 4.69) is 10.4 Å². The summed E-state index contributed by atoms with van der Waals surface area (Å²) in [4.78, 5) is 22.0. The van der Waals surface area contributed by atoms with Crippen LogP contribution in [0.4, 0.5) is 18.9 Å². The Morgan fingerprint density at radius 1 is 1.35 bits per heavy atom. The monoisotopic (exact) mass is 370 g/mol. The van der Waals surface area contributed by atoms with Crippen LogP contribution in [0.2, 0.25) is 0 Å². The minimum atomic E-state index is -4.98. The maximum atomic E-state index is 12.9. The molecule has 1 aromatic heterocycles. The fourth-order valence-corrected chi connectivity index (χ4v) is 2.58. The molecule has 1 amide bonds. The van der Waals surface area contributed by atoms with Gasteiger partial charge in [-0.1, -0.05) is 37.3 Å². The molecule has 0 saturated carbocycles. The van der Waals surface area contributed by atoms with Crippen LogP contribution in [0, 0.1) is 17.0 Å². The molecule has 0 spiro atoms. The van der Waals surface area contributed by atoms with Gasteiger partial charge in [0.25, 0.3) is 0 Å². The highest BCUT2D eigenvalue weighted by molar-refractivity contribution is 5.76. The number of carbonyl (C=O) groups is 1. The normalized spacial score (nSPS) is 12.7. The van der Waals surface area contributed by atoms with Crippen molar-refractivity contribution in [3.8, 4) is 0 Å². The summed E-state index contributed by atoms with van der Waals surface area (Å²) in [6.45, 7) is 2.43. The van der Waals surface area contributed by atoms with Gasteiger partial charge in [-0.15, -0.1) is 0 Å². The van der Waals surface area contributed by atoms with Gasteiger partial charge in [-0.3, -0.25) is 19.6 Å². The van der Waals surface area contributed by atoms with Crippen molar-refractivity contribution in [1.29, 1.82) is 0 Å². The molecular weight excluding hydrogens is 353 g/mol. The second kappa shape index (κ2) is 7.54. The zero-order chi connectivity index (χ0) is 19.5. The number of hydrogen-bond donors (Lipinski definition) is 1. The van der Waals surface area contributed by atoms with Crippen molar-refractivity contribution in [1.82, 2.24) is 15.1 Å². The summed E-state index contributed by atoms with van der Waals surface area (Å²) in [7, 11) is 0. The fourth-order valence-electron chi connectivity index (χ4n) is 2.58. The van der Waals surface area contributed by atoms with Crippen LogP contribution in [-0.2, 0) is 17.5 Å². The molecule has 1 N–H and O–H groups in total. The summed E-state index contributed by atoms with van der Waals surface area (Å²) in [5, 5.41) is 16.9. The molecule has 0 aliphatic rings. The maximum absolute atomic E-state index is 12.9. The Kier molecular flexibility index (Phi) is 5.63. The first-order valence-corrected chi connectivity index (χ1v) is 7.78. The van der Waals surface area contributed by atoms with Crippen LogP contribution >= 0.6 is 0 Å². The molecule has 2 aromatic rings. The minimum absolute atomic E-state index is 0.323. The zero-order valence-corrected chi connectivity index (χ0v) is 14.1. The van der Waals surface area contributed by atoms with Crippen LogP contribution in [0.1, 0.15) is 36.3 Å². The summed E-state index contributed by atoms with van der Waals surface area (Å²) in [6, 6.07) is 8.75. The lowest BCUT2D eigenvalue weighted by atomic mass is 10.0. The van der Waals surface area contributed by atoms with E-state index >= 15 is 0 Å². The van der Waals surface area contributed by atoms with Gasteiger partial charge in [-0.05, 0) is 18.9 Å². The quantitative estimate of drug-likeness (QED) is 0.623. The molecule has 0 aliphatic carbocycles. The average Bonchev–Trinajstić information content (AvgIpc) is 2.90. The van der Waals surface area contributed by atoms with Crippen molar-refractivity contribution in [3.05, 3.63) is 57.4 Å².